The Balaban J connectivity index is 1.88. The van der Waals surface area contributed by atoms with Crippen LogP contribution in [0.15, 0.2) is 48.8 Å². The van der Waals surface area contributed by atoms with Gasteiger partial charge in [-0.25, -0.2) is 4.98 Å². The third kappa shape index (κ3) is 2.11. The molecule has 0 aliphatic heterocycles. The van der Waals surface area contributed by atoms with Crippen LogP contribution >= 0.6 is 11.3 Å². The zero-order valence-electron chi connectivity index (χ0n) is 11.4. The second kappa shape index (κ2) is 4.79. The van der Waals surface area contributed by atoms with Crippen LogP contribution in [0.5, 0.6) is 0 Å². The van der Waals surface area contributed by atoms with Gasteiger partial charge >= 0.3 is 0 Å². The second-order valence-corrected chi connectivity index (χ2v) is 5.99. The van der Waals surface area contributed by atoms with E-state index in [1.807, 2.05) is 25.4 Å². The van der Waals surface area contributed by atoms with Gasteiger partial charge in [-0.05, 0) is 36.2 Å². The minimum Gasteiger partial charge on any atom is -0.346 e. The summed E-state index contributed by atoms with van der Waals surface area (Å²) in [5.41, 5.74) is 4.33. The molecule has 0 atom stereocenters. The lowest BCUT2D eigenvalue weighted by molar-refractivity contribution is 1.05. The number of fused-ring (bicyclic) bond motifs is 1. The van der Waals surface area contributed by atoms with Crippen molar-refractivity contribution in [1.29, 1.82) is 0 Å². The molecule has 21 heavy (non-hydrogen) atoms. The summed E-state index contributed by atoms with van der Waals surface area (Å²) in [7, 11) is 0. The number of aromatic amines is 1. The van der Waals surface area contributed by atoms with Gasteiger partial charge in [0, 0.05) is 23.3 Å². The third-order valence-corrected chi connectivity index (χ3v) is 4.29. The summed E-state index contributed by atoms with van der Waals surface area (Å²) in [4.78, 5) is 7.48. The number of rotatable bonds is 2. The van der Waals surface area contributed by atoms with Crippen molar-refractivity contribution in [2.75, 3.05) is 0 Å². The van der Waals surface area contributed by atoms with Gasteiger partial charge in [-0.15, -0.1) is 10.2 Å². The van der Waals surface area contributed by atoms with Crippen molar-refractivity contribution in [3.63, 3.8) is 0 Å². The molecule has 1 aromatic carbocycles. The largest absolute Gasteiger partial charge is 0.346 e. The van der Waals surface area contributed by atoms with E-state index in [1.54, 1.807) is 11.3 Å². The second-order valence-electron chi connectivity index (χ2n) is 4.81. The van der Waals surface area contributed by atoms with Crippen LogP contribution in [0.2, 0.25) is 0 Å². The van der Waals surface area contributed by atoms with Gasteiger partial charge in [-0.2, -0.15) is 0 Å². The van der Waals surface area contributed by atoms with Crippen molar-refractivity contribution in [3.05, 3.63) is 53.8 Å². The minimum atomic E-state index is 0.907. The van der Waals surface area contributed by atoms with Gasteiger partial charge in [0.1, 0.15) is 15.7 Å². The van der Waals surface area contributed by atoms with E-state index in [4.69, 9.17) is 0 Å². The van der Waals surface area contributed by atoms with Crippen LogP contribution in [0.25, 0.3) is 32.7 Å². The molecule has 0 fully saturated rings. The number of pyridine rings is 1. The van der Waals surface area contributed by atoms with Crippen molar-refractivity contribution in [2.24, 2.45) is 0 Å². The Morgan fingerprint density at radius 2 is 1.95 bits per heavy atom. The molecule has 4 rings (SSSR count). The summed E-state index contributed by atoms with van der Waals surface area (Å²) in [5.74, 6) is 0. The van der Waals surface area contributed by atoms with E-state index in [-0.39, 0.29) is 0 Å². The van der Waals surface area contributed by atoms with Crippen molar-refractivity contribution < 1.29 is 0 Å². The highest BCUT2D eigenvalue weighted by Crippen LogP contribution is 2.31. The lowest BCUT2D eigenvalue weighted by atomic mass is 10.0. The Labute approximate surface area is 125 Å². The molecule has 4 aromatic rings. The fraction of sp³-hybridized carbons (Fsp3) is 0.0625. The molecule has 0 bridgehead atoms. The molecule has 0 aliphatic carbocycles. The van der Waals surface area contributed by atoms with Crippen LogP contribution in [0.1, 0.15) is 5.01 Å². The topological polar surface area (TPSA) is 54.5 Å². The lowest BCUT2D eigenvalue weighted by Gasteiger charge is -2.05. The Morgan fingerprint density at radius 1 is 1.05 bits per heavy atom. The van der Waals surface area contributed by atoms with Crippen molar-refractivity contribution in [2.45, 2.75) is 6.92 Å². The van der Waals surface area contributed by atoms with E-state index in [2.05, 4.69) is 50.5 Å². The average Bonchev–Trinajstić information content (AvgIpc) is 3.15. The highest BCUT2D eigenvalue weighted by molar-refractivity contribution is 7.14. The summed E-state index contributed by atoms with van der Waals surface area (Å²) >= 11 is 1.61. The van der Waals surface area contributed by atoms with Crippen molar-refractivity contribution >= 4 is 22.4 Å². The first-order valence-electron chi connectivity index (χ1n) is 6.64. The van der Waals surface area contributed by atoms with Gasteiger partial charge < -0.3 is 4.98 Å². The summed E-state index contributed by atoms with van der Waals surface area (Å²) in [6.07, 6.45) is 3.75. The Morgan fingerprint density at radius 3 is 2.81 bits per heavy atom. The smallest absolute Gasteiger partial charge is 0.147 e. The molecule has 0 aliphatic rings. The standard InChI is InChI=1S/C16H12N4S/c1-10-19-20-16(21-10)12-4-2-3-11(9-12)13-5-7-17-15-14(13)6-8-18-15/h2-9H,1H3,(H,17,18). The number of hydrogen-bond donors (Lipinski definition) is 1. The number of hydrogen-bond acceptors (Lipinski definition) is 4. The van der Waals surface area contributed by atoms with E-state index < -0.39 is 0 Å². The van der Waals surface area contributed by atoms with Gasteiger partial charge in [0.05, 0.1) is 0 Å². The van der Waals surface area contributed by atoms with Crippen LogP contribution in [0.4, 0.5) is 0 Å². The van der Waals surface area contributed by atoms with Gasteiger partial charge in [0.25, 0.3) is 0 Å². The van der Waals surface area contributed by atoms with Crippen LogP contribution in [-0.2, 0) is 0 Å². The molecule has 0 saturated carbocycles. The Hall–Kier alpha value is -2.53. The number of nitrogens with zero attached hydrogens (tertiary/aromatic N) is 3. The summed E-state index contributed by atoms with van der Waals surface area (Å²) in [5, 5.41) is 11.4. The molecule has 4 nitrogen and oxygen atoms in total. The summed E-state index contributed by atoms with van der Waals surface area (Å²) < 4.78 is 0. The number of benzene rings is 1. The number of H-pyrrole nitrogens is 1. The molecule has 102 valence electrons. The zero-order chi connectivity index (χ0) is 14.2. The van der Waals surface area contributed by atoms with E-state index in [0.717, 1.165) is 32.2 Å². The molecule has 3 aromatic heterocycles. The van der Waals surface area contributed by atoms with Gasteiger partial charge in [-0.1, -0.05) is 29.5 Å². The number of aromatic nitrogens is 4. The van der Waals surface area contributed by atoms with Gasteiger partial charge in [0.2, 0.25) is 0 Å². The molecule has 0 spiro atoms. The van der Waals surface area contributed by atoms with Crippen molar-refractivity contribution in [3.8, 4) is 21.7 Å². The molecule has 5 heteroatoms. The molecule has 1 N–H and O–H groups in total. The van der Waals surface area contributed by atoms with Gasteiger partial charge in [0.15, 0.2) is 0 Å². The lowest BCUT2D eigenvalue weighted by Crippen LogP contribution is -1.84. The van der Waals surface area contributed by atoms with Crippen LogP contribution in [0, 0.1) is 6.92 Å². The maximum atomic E-state index is 4.34. The number of aryl methyl sites for hydroxylation is 1. The summed E-state index contributed by atoms with van der Waals surface area (Å²) in [6, 6.07) is 12.5. The molecule has 0 saturated heterocycles. The highest BCUT2D eigenvalue weighted by atomic mass is 32.1. The third-order valence-electron chi connectivity index (χ3n) is 3.41. The first-order valence-corrected chi connectivity index (χ1v) is 7.46. The highest BCUT2D eigenvalue weighted by Gasteiger charge is 2.08. The quantitative estimate of drug-likeness (QED) is 0.606. The Kier molecular flexibility index (Phi) is 2.79. The molecular formula is C16H12N4S. The van der Waals surface area contributed by atoms with Crippen LogP contribution in [0.3, 0.4) is 0 Å². The first kappa shape index (κ1) is 12.2. The van der Waals surface area contributed by atoms with Gasteiger partial charge in [-0.3, -0.25) is 0 Å². The maximum Gasteiger partial charge on any atom is 0.147 e. The van der Waals surface area contributed by atoms with E-state index in [0.29, 0.717) is 0 Å². The van der Waals surface area contributed by atoms with E-state index in [9.17, 15) is 0 Å². The van der Waals surface area contributed by atoms with Crippen molar-refractivity contribution in [1.82, 2.24) is 20.2 Å². The monoisotopic (exact) mass is 292 g/mol. The normalized spacial score (nSPS) is 11.1. The van der Waals surface area contributed by atoms with E-state index >= 15 is 0 Å². The zero-order valence-corrected chi connectivity index (χ0v) is 12.2. The maximum absolute atomic E-state index is 4.34. The fourth-order valence-electron chi connectivity index (χ4n) is 2.45. The number of nitrogens with one attached hydrogen (secondary N) is 1. The molecule has 0 unspecified atom stereocenters. The molecule has 0 radical (unpaired) electrons. The van der Waals surface area contributed by atoms with Crippen LogP contribution < -0.4 is 0 Å². The Bertz CT molecular complexity index is 923. The SMILES string of the molecule is Cc1nnc(-c2cccc(-c3ccnc4[nH]ccc34)c2)s1. The minimum absolute atomic E-state index is 0.907. The first-order chi connectivity index (χ1) is 10.3. The predicted molar refractivity (Wildman–Crippen MR) is 85.2 cm³/mol. The summed E-state index contributed by atoms with van der Waals surface area (Å²) in [6.45, 7) is 1.97. The molecule has 3 heterocycles. The molecule has 0 amide bonds. The average molecular weight is 292 g/mol. The molecular weight excluding hydrogens is 280 g/mol. The predicted octanol–water partition coefficient (Wildman–Crippen LogP) is 4.06. The fourth-order valence-corrected chi connectivity index (χ4v) is 3.13. The van der Waals surface area contributed by atoms with E-state index in [1.165, 1.54) is 5.56 Å². The van der Waals surface area contributed by atoms with Crippen LogP contribution in [-0.4, -0.2) is 20.2 Å².